The molecule has 0 N–H and O–H groups in total. The highest BCUT2D eigenvalue weighted by Crippen LogP contribution is 2.58. The molecule has 250 valence electrons. The minimum Gasteiger partial charge on any atom is -0.307 e. The van der Waals surface area contributed by atoms with Gasteiger partial charge in [0.2, 0.25) is 0 Å². The number of aromatic nitrogens is 1. The second-order valence-corrected chi connectivity index (χ2v) is 14.8. The van der Waals surface area contributed by atoms with Gasteiger partial charge in [-0.15, -0.1) is 0 Å². The van der Waals surface area contributed by atoms with Crippen LogP contribution >= 0.6 is 0 Å². The Balaban J connectivity index is 1.17. The summed E-state index contributed by atoms with van der Waals surface area (Å²) in [5.41, 5.74) is 16.1. The SMILES string of the molecule is c1ccc(-c2ccc3c(c2)c2cccc4c5cccc(-c6ccc7c(c6)C(c6ccccc6)(c6ccccc6)c6cc8ccccc8cc6-7)c5n3c24)cc1. The molecule has 0 radical (unpaired) electrons. The third-order valence-corrected chi connectivity index (χ3v) is 12.2. The zero-order chi connectivity index (χ0) is 35.4. The lowest BCUT2D eigenvalue weighted by Gasteiger charge is -2.34. The summed E-state index contributed by atoms with van der Waals surface area (Å²) in [6, 6.07) is 74.6. The number of hydrogen-bond acceptors (Lipinski definition) is 0. The van der Waals surface area contributed by atoms with E-state index in [1.807, 2.05) is 0 Å². The first-order valence-electron chi connectivity index (χ1n) is 18.8. The summed E-state index contributed by atoms with van der Waals surface area (Å²) >= 11 is 0. The fourth-order valence-corrected chi connectivity index (χ4v) is 9.90. The normalized spacial score (nSPS) is 13.3. The van der Waals surface area contributed by atoms with Crippen LogP contribution in [0.3, 0.4) is 0 Å². The number of nitrogens with zero attached hydrogens (tertiary/aromatic N) is 1. The monoisotopic (exact) mass is 683 g/mol. The van der Waals surface area contributed by atoms with Gasteiger partial charge in [0.1, 0.15) is 0 Å². The van der Waals surface area contributed by atoms with Crippen molar-refractivity contribution in [1.82, 2.24) is 4.40 Å². The predicted molar refractivity (Wildman–Crippen MR) is 227 cm³/mol. The molecular formula is C53H33N. The summed E-state index contributed by atoms with van der Waals surface area (Å²) in [6.45, 7) is 0. The van der Waals surface area contributed by atoms with Crippen molar-refractivity contribution in [2.75, 3.05) is 0 Å². The Labute approximate surface area is 313 Å². The van der Waals surface area contributed by atoms with E-state index in [2.05, 4.69) is 205 Å². The molecule has 2 aromatic heterocycles. The first-order chi connectivity index (χ1) is 26.8. The topological polar surface area (TPSA) is 4.41 Å². The standard InChI is InChI=1S/C53H33N/c1-4-14-34(15-5-1)37-27-29-50-47(31-37)45-25-13-24-44-43-23-12-22-41(51(43)54(50)52(44)45)38-26-28-42-46-30-35-16-10-11-17-36(35)32-49(46)53(48(42)33-38,39-18-6-2-7-19-39)40-20-8-3-9-21-40/h1-33H. The van der Waals surface area contributed by atoms with Crippen molar-refractivity contribution in [2.45, 2.75) is 5.41 Å². The Hall–Kier alpha value is -6.96. The molecule has 11 aromatic rings. The predicted octanol–water partition coefficient (Wildman–Crippen LogP) is 13.7. The smallest absolute Gasteiger partial charge is 0.0714 e. The van der Waals surface area contributed by atoms with Gasteiger partial charge in [-0.2, -0.15) is 0 Å². The molecule has 0 saturated carbocycles. The second kappa shape index (κ2) is 11.0. The van der Waals surface area contributed by atoms with Crippen LogP contribution in [0.15, 0.2) is 200 Å². The second-order valence-electron chi connectivity index (χ2n) is 14.8. The molecule has 0 aliphatic heterocycles. The van der Waals surface area contributed by atoms with E-state index >= 15 is 0 Å². The van der Waals surface area contributed by atoms with Crippen molar-refractivity contribution < 1.29 is 0 Å². The van der Waals surface area contributed by atoms with Gasteiger partial charge >= 0.3 is 0 Å². The molecule has 1 heteroatoms. The Morgan fingerprint density at radius 1 is 0.315 bits per heavy atom. The van der Waals surface area contributed by atoms with Crippen LogP contribution in [0.1, 0.15) is 22.3 Å². The maximum Gasteiger partial charge on any atom is 0.0714 e. The molecule has 0 unspecified atom stereocenters. The first-order valence-corrected chi connectivity index (χ1v) is 18.8. The average Bonchev–Trinajstić information content (AvgIpc) is 3.87. The summed E-state index contributed by atoms with van der Waals surface area (Å²) in [4.78, 5) is 0. The van der Waals surface area contributed by atoms with Crippen molar-refractivity contribution in [3.8, 4) is 33.4 Å². The number of benzene rings is 9. The molecule has 9 aromatic carbocycles. The van der Waals surface area contributed by atoms with E-state index in [1.165, 1.54) is 105 Å². The lowest BCUT2D eigenvalue weighted by molar-refractivity contribution is 0.770. The van der Waals surface area contributed by atoms with Gasteiger partial charge in [-0.05, 0) is 91.2 Å². The number of hydrogen-bond donors (Lipinski definition) is 0. The van der Waals surface area contributed by atoms with Crippen molar-refractivity contribution >= 4 is 48.9 Å². The van der Waals surface area contributed by atoms with E-state index in [9.17, 15) is 0 Å². The van der Waals surface area contributed by atoms with Crippen LogP contribution in [-0.2, 0) is 5.41 Å². The fraction of sp³-hybridized carbons (Fsp3) is 0.0189. The molecule has 2 heterocycles. The van der Waals surface area contributed by atoms with E-state index in [4.69, 9.17) is 0 Å². The van der Waals surface area contributed by atoms with Crippen LogP contribution in [0.5, 0.6) is 0 Å². The maximum absolute atomic E-state index is 2.54. The van der Waals surface area contributed by atoms with Crippen molar-refractivity contribution in [3.05, 3.63) is 222 Å². The summed E-state index contributed by atoms with van der Waals surface area (Å²) in [6.07, 6.45) is 0. The zero-order valence-electron chi connectivity index (χ0n) is 29.5. The molecule has 54 heavy (non-hydrogen) atoms. The highest BCUT2D eigenvalue weighted by Gasteiger charge is 2.46. The molecule has 0 fully saturated rings. The number of rotatable bonds is 4. The molecule has 0 spiro atoms. The van der Waals surface area contributed by atoms with Crippen LogP contribution in [0.2, 0.25) is 0 Å². The van der Waals surface area contributed by atoms with E-state index < -0.39 is 5.41 Å². The van der Waals surface area contributed by atoms with Gasteiger partial charge in [0.05, 0.1) is 22.0 Å². The summed E-state index contributed by atoms with van der Waals surface area (Å²) in [5, 5.41) is 7.70. The lowest BCUT2D eigenvalue weighted by atomic mass is 9.67. The summed E-state index contributed by atoms with van der Waals surface area (Å²) in [7, 11) is 0. The van der Waals surface area contributed by atoms with Gasteiger partial charge in [0.15, 0.2) is 0 Å². The van der Waals surface area contributed by atoms with Gasteiger partial charge in [0.25, 0.3) is 0 Å². The summed E-state index contributed by atoms with van der Waals surface area (Å²) < 4.78 is 2.54. The molecule has 0 atom stereocenters. The van der Waals surface area contributed by atoms with Gasteiger partial charge in [-0.1, -0.05) is 170 Å². The van der Waals surface area contributed by atoms with E-state index in [-0.39, 0.29) is 0 Å². The largest absolute Gasteiger partial charge is 0.307 e. The molecule has 0 amide bonds. The van der Waals surface area contributed by atoms with E-state index in [0.29, 0.717) is 0 Å². The van der Waals surface area contributed by atoms with Crippen LogP contribution in [0.4, 0.5) is 0 Å². The Morgan fingerprint density at radius 2 is 0.889 bits per heavy atom. The van der Waals surface area contributed by atoms with Gasteiger partial charge in [-0.3, -0.25) is 0 Å². The number of para-hydroxylation sites is 2. The van der Waals surface area contributed by atoms with Gasteiger partial charge in [0, 0.05) is 27.1 Å². The molecule has 0 bridgehead atoms. The Bertz CT molecular complexity index is 3200. The van der Waals surface area contributed by atoms with Crippen LogP contribution in [0, 0.1) is 0 Å². The molecule has 1 nitrogen and oxygen atoms in total. The Morgan fingerprint density at radius 3 is 1.61 bits per heavy atom. The third-order valence-electron chi connectivity index (χ3n) is 12.2. The molecule has 1 aliphatic rings. The minimum atomic E-state index is -0.491. The van der Waals surface area contributed by atoms with Crippen molar-refractivity contribution in [1.29, 1.82) is 0 Å². The number of fused-ring (bicyclic) bond motifs is 10. The van der Waals surface area contributed by atoms with Crippen LogP contribution in [-0.4, -0.2) is 4.40 Å². The van der Waals surface area contributed by atoms with E-state index in [1.54, 1.807) is 0 Å². The molecule has 12 rings (SSSR count). The summed E-state index contributed by atoms with van der Waals surface area (Å²) in [5.74, 6) is 0. The zero-order valence-corrected chi connectivity index (χ0v) is 29.5. The minimum absolute atomic E-state index is 0.491. The molecular weight excluding hydrogens is 651 g/mol. The maximum atomic E-state index is 2.54. The fourth-order valence-electron chi connectivity index (χ4n) is 9.90. The first kappa shape index (κ1) is 29.6. The lowest BCUT2D eigenvalue weighted by Crippen LogP contribution is -2.28. The van der Waals surface area contributed by atoms with E-state index in [0.717, 1.165) is 0 Å². The van der Waals surface area contributed by atoms with Crippen molar-refractivity contribution in [2.24, 2.45) is 0 Å². The quantitative estimate of drug-likeness (QED) is 0.174. The molecule has 1 aliphatic carbocycles. The third kappa shape index (κ3) is 3.88. The highest BCUT2D eigenvalue weighted by molar-refractivity contribution is 6.25. The van der Waals surface area contributed by atoms with Crippen LogP contribution in [0.25, 0.3) is 82.2 Å². The average molecular weight is 684 g/mol. The van der Waals surface area contributed by atoms with Crippen LogP contribution < -0.4 is 0 Å². The van der Waals surface area contributed by atoms with Gasteiger partial charge < -0.3 is 4.40 Å². The van der Waals surface area contributed by atoms with Gasteiger partial charge in [-0.25, -0.2) is 0 Å². The molecule has 0 saturated heterocycles. The highest BCUT2D eigenvalue weighted by atomic mass is 14.9. The van der Waals surface area contributed by atoms with Crippen molar-refractivity contribution in [3.63, 3.8) is 0 Å². The Kier molecular flexibility index (Phi) is 6.04.